The Bertz CT molecular complexity index is 439. The van der Waals surface area contributed by atoms with E-state index in [2.05, 4.69) is 27.7 Å². The second-order valence-electron chi connectivity index (χ2n) is 9.16. The Morgan fingerprint density at radius 2 is 0.857 bits per heavy atom. The standard InChI is InChI=1S/C26H53NO8/c1-24(2)6-9-27(10-7-25(3)4)26(28)8-11-30-14-15-32-18-19-34-22-23-35-21-20-33-17-16-31-13-12-29-5/h24-25H,6-23H2,1-5H3. The quantitative estimate of drug-likeness (QED) is 0.157. The van der Waals surface area contributed by atoms with Gasteiger partial charge in [0.1, 0.15) is 0 Å². The van der Waals surface area contributed by atoms with Crippen LogP contribution in [0.5, 0.6) is 0 Å². The number of methoxy groups -OCH3 is 1. The van der Waals surface area contributed by atoms with E-state index in [1.807, 2.05) is 4.90 Å². The summed E-state index contributed by atoms with van der Waals surface area (Å²) >= 11 is 0. The van der Waals surface area contributed by atoms with Crippen molar-refractivity contribution in [1.82, 2.24) is 4.90 Å². The van der Waals surface area contributed by atoms with Gasteiger partial charge in [-0.05, 0) is 24.7 Å². The van der Waals surface area contributed by atoms with Gasteiger partial charge in [-0.25, -0.2) is 0 Å². The monoisotopic (exact) mass is 507 g/mol. The summed E-state index contributed by atoms with van der Waals surface area (Å²) in [4.78, 5) is 14.5. The third-order valence-corrected chi connectivity index (χ3v) is 5.06. The minimum Gasteiger partial charge on any atom is -0.382 e. The number of ether oxygens (including phenoxy) is 7. The molecule has 0 aliphatic carbocycles. The summed E-state index contributed by atoms with van der Waals surface area (Å²) in [6.07, 6.45) is 2.49. The van der Waals surface area contributed by atoms with E-state index in [9.17, 15) is 4.79 Å². The maximum absolute atomic E-state index is 12.5. The summed E-state index contributed by atoms with van der Waals surface area (Å²) in [5.74, 6) is 1.37. The molecule has 210 valence electrons. The van der Waals surface area contributed by atoms with Crippen molar-refractivity contribution >= 4 is 5.91 Å². The molecule has 0 aliphatic rings. The lowest BCUT2D eigenvalue weighted by Gasteiger charge is -2.24. The summed E-state index contributed by atoms with van der Waals surface area (Å²) in [6.45, 7) is 17.2. The summed E-state index contributed by atoms with van der Waals surface area (Å²) < 4.78 is 37.6. The summed E-state index contributed by atoms with van der Waals surface area (Å²) in [6, 6.07) is 0. The van der Waals surface area contributed by atoms with E-state index in [0.717, 1.165) is 25.9 Å². The van der Waals surface area contributed by atoms with Crippen LogP contribution in [0.25, 0.3) is 0 Å². The summed E-state index contributed by atoms with van der Waals surface area (Å²) in [5.41, 5.74) is 0. The van der Waals surface area contributed by atoms with Gasteiger partial charge in [-0.3, -0.25) is 4.79 Å². The van der Waals surface area contributed by atoms with Gasteiger partial charge in [-0.15, -0.1) is 0 Å². The van der Waals surface area contributed by atoms with Crippen LogP contribution in [0.3, 0.4) is 0 Å². The molecule has 0 heterocycles. The Hall–Kier alpha value is -0.810. The van der Waals surface area contributed by atoms with Crippen LogP contribution < -0.4 is 0 Å². The molecule has 35 heavy (non-hydrogen) atoms. The van der Waals surface area contributed by atoms with Crippen molar-refractivity contribution in [3.8, 4) is 0 Å². The Balaban J connectivity index is 3.45. The zero-order chi connectivity index (χ0) is 26.0. The fourth-order valence-corrected chi connectivity index (χ4v) is 2.85. The Kier molecular flexibility index (Phi) is 25.7. The van der Waals surface area contributed by atoms with Gasteiger partial charge in [0.05, 0.1) is 92.3 Å². The Labute approximate surface area is 214 Å². The van der Waals surface area contributed by atoms with Crippen LogP contribution in [-0.4, -0.2) is 117 Å². The highest BCUT2D eigenvalue weighted by Gasteiger charge is 2.14. The second kappa shape index (κ2) is 26.3. The molecule has 0 atom stereocenters. The minimum absolute atomic E-state index is 0.182. The first kappa shape index (κ1) is 34.2. The van der Waals surface area contributed by atoms with Gasteiger partial charge in [-0.2, -0.15) is 0 Å². The van der Waals surface area contributed by atoms with Crippen LogP contribution >= 0.6 is 0 Å². The zero-order valence-electron chi connectivity index (χ0n) is 23.1. The second-order valence-corrected chi connectivity index (χ2v) is 9.16. The molecule has 0 radical (unpaired) electrons. The highest BCUT2D eigenvalue weighted by Crippen LogP contribution is 2.08. The van der Waals surface area contributed by atoms with Crippen LogP contribution in [0.2, 0.25) is 0 Å². The van der Waals surface area contributed by atoms with Crippen molar-refractivity contribution in [3.63, 3.8) is 0 Å². The van der Waals surface area contributed by atoms with E-state index in [-0.39, 0.29) is 5.91 Å². The molecule has 0 aromatic carbocycles. The van der Waals surface area contributed by atoms with Gasteiger partial charge in [0, 0.05) is 20.2 Å². The first-order valence-electron chi connectivity index (χ1n) is 13.2. The Morgan fingerprint density at radius 3 is 1.17 bits per heavy atom. The first-order valence-corrected chi connectivity index (χ1v) is 13.2. The molecule has 9 nitrogen and oxygen atoms in total. The Morgan fingerprint density at radius 1 is 0.543 bits per heavy atom. The maximum atomic E-state index is 12.5. The lowest BCUT2D eigenvalue weighted by atomic mass is 10.1. The minimum atomic E-state index is 0.182. The number of rotatable bonds is 27. The number of amides is 1. The molecular weight excluding hydrogens is 454 g/mol. The van der Waals surface area contributed by atoms with Crippen molar-refractivity contribution in [2.45, 2.75) is 47.0 Å². The normalized spacial score (nSPS) is 11.6. The van der Waals surface area contributed by atoms with Crippen molar-refractivity contribution < 1.29 is 38.0 Å². The van der Waals surface area contributed by atoms with Crippen molar-refractivity contribution in [1.29, 1.82) is 0 Å². The SMILES string of the molecule is COCCOCCOCCOCCOCCOCCOCCC(=O)N(CCC(C)C)CCC(C)C. The first-order chi connectivity index (χ1) is 17.0. The van der Waals surface area contributed by atoms with Gasteiger partial charge >= 0.3 is 0 Å². The summed E-state index contributed by atoms with van der Waals surface area (Å²) in [5, 5.41) is 0. The average molecular weight is 508 g/mol. The number of hydrogen-bond donors (Lipinski definition) is 0. The van der Waals surface area contributed by atoms with Gasteiger partial charge < -0.3 is 38.1 Å². The number of hydrogen-bond acceptors (Lipinski definition) is 8. The fraction of sp³-hybridized carbons (Fsp3) is 0.962. The maximum Gasteiger partial charge on any atom is 0.224 e. The largest absolute Gasteiger partial charge is 0.382 e. The topological polar surface area (TPSA) is 84.9 Å². The lowest BCUT2D eigenvalue weighted by Crippen LogP contribution is -2.34. The number of nitrogens with zero attached hydrogens (tertiary/aromatic N) is 1. The third kappa shape index (κ3) is 26.1. The van der Waals surface area contributed by atoms with E-state index < -0.39 is 0 Å². The molecule has 0 bridgehead atoms. The molecule has 0 aromatic heterocycles. The molecule has 9 heteroatoms. The molecule has 1 amide bonds. The number of carbonyl (C=O) groups is 1. The van der Waals surface area contributed by atoms with Gasteiger partial charge in [-0.1, -0.05) is 27.7 Å². The van der Waals surface area contributed by atoms with Gasteiger partial charge in [0.15, 0.2) is 0 Å². The predicted octanol–water partition coefficient (Wildman–Crippen LogP) is 3.04. The van der Waals surface area contributed by atoms with Crippen molar-refractivity contribution in [3.05, 3.63) is 0 Å². The van der Waals surface area contributed by atoms with E-state index in [1.54, 1.807) is 7.11 Å². The molecule has 0 unspecified atom stereocenters. The van der Waals surface area contributed by atoms with E-state index >= 15 is 0 Å². The molecule has 0 aromatic rings. The van der Waals surface area contributed by atoms with Crippen LogP contribution in [0.4, 0.5) is 0 Å². The molecular formula is C26H53NO8. The zero-order valence-corrected chi connectivity index (χ0v) is 23.1. The summed E-state index contributed by atoms with van der Waals surface area (Å²) in [7, 11) is 1.65. The highest BCUT2D eigenvalue weighted by atomic mass is 16.6. The van der Waals surface area contributed by atoms with Crippen LogP contribution in [0.15, 0.2) is 0 Å². The molecule has 0 N–H and O–H groups in total. The van der Waals surface area contributed by atoms with E-state index in [1.165, 1.54) is 0 Å². The van der Waals surface area contributed by atoms with Gasteiger partial charge in [0.2, 0.25) is 5.91 Å². The molecule has 0 saturated carbocycles. The van der Waals surface area contributed by atoms with Gasteiger partial charge in [0.25, 0.3) is 0 Å². The molecule has 0 rings (SSSR count). The van der Waals surface area contributed by atoms with Crippen LogP contribution in [0.1, 0.15) is 47.0 Å². The van der Waals surface area contributed by atoms with Crippen molar-refractivity contribution in [2.75, 3.05) is 106 Å². The van der Waals surface area contributed by atoms with Crippen molar-refractivity contribution in [2.24, 2.45) is 11.8 Å². The number of carbonyl (C=O) groups excluding carboxylic acids is 1. The fourth-order valence-electron chi connectivity index (χ4n) is 2.85. The van der Waals surface area contributed by atoms with Crippen LogP contribution in [0, 0.1) is 11.8 Å². The molecule has 0 spiro atoms. The molecule has 0 saturated heterocycles. The van der Waals surface area contributed by atoms with E-state index in [4.69, 9.17) is 33.2 Å². The average Bonchev–Trinajstić information content (AvgIpc) is 2.82. The molecule has 0 aliphatic heterocycles. The smallest absolute Gasteiger partial charge is 0.224 e. The predicted molar refractivity (Wildman–Crippen MR) is 137 cm³/mol. The highest BCUT2D eigenvalue weighted by molar-refractivity contribution is 5.76. The van der Waals surface area contributed by atoms with Crippen LogP contribution in [-0.2, 0) is 38.0 Å². The molecule has 0 fully saturated rings. The van der Waals surface area contributed by atoms with E-state index in [0.29, 0.717) is 104 Å². The third-order valence-electron chi connectivity index (χ3n) is 5.06. The lowest BCUT2D eigenvalue weighted by molar-refractivity contribution is -0.132.